The number of nitrogens with one attached hydrogen (secondary N) is 3. The number of rotatable bonds is 4. The zero-order chi connectivity index (χ0) is 17.0. The maximum absolute atomic E-state index is 12.0. The highest BCUT2D eigenvalue weighted by molar-refractivity contribution is 5.88. The molecule has 0 radical (unpaired) electrons. The monoisotopic (exact) mass is 316 g/mol. The average molecular weight is 316 g/mol. The number of urea groups is 1. The topological polar surface area (TPSA) is 95.6 Å². The molecule has 124 valence electrons. The van der Waals surface area contributed by atoms with Crippen LogP contribution in [0.2, 0.25) is 0 Å². The van der Waals surface area contributed by atoms with Gasteiger partial charge in [0.25, 0.3) is 0 Å². The highest BCUT2D eigenvalue weighted by Crippen LogP contribution is 2.19. The van der Waals surface area contributed by atoms with Crippen LogP contribution in [0.3, 0.4) is 0 Å². The third-order valence-electron chi connectivity index (χ3n) is 3.33. The van der Waals surface area contributed by atoms with Gasteiger partial charge in [-0.05, 0) is 32.0 Å². The Balaban J connectivity index is 1.86. The Hall–Kier alpha value is -2.44. The molecule has 0 saturated carbocycles. The summed E-state index contributed by atoms with van der Waals surface area (Å²) < 4.78 is 0. The number of aromatic nitrogens is 4. The Labute approximate surface area is 136 Å². The summed E-state index contributed by atoms with van der Waals surface area (Å²) in [4.78, 5) is 12.0. The standard InChI is InChI=1S/C16H24N6O/c1-10(8-12-9-11(2)19-20-12)17-15(23)18-14-7-6-13(21-22-14)16(3,4)5/h6-7,9-10H,8H2,1-5H3,(H,19,20)(H2,17,18,22,23)/t10-/m1/s1. The Morgan fingerprint density at radius 3 is 2.57 bits per heavy atom. The van der Waals surface area contributed by atoms with Crippen molar-refractivity contribution in [3.05, 3.63) is 35.3 Å². The van der Waals surface area contributed by atoms with Gasteiger partial charge in [0.05, 0.1) is 11.4 Å². The van der Waals surface area contributed by atoms with Crippen LogP contribution in [0.1, 0.15) is 44.8 Å². The quantitative estimate of drug-likeness (QED) is 0.807. The molecule has 2 rings (SSSR count). The molecule has 1 atom stereocenters. The number of hydrogen-bond donors (Lipinski definition) is 3. The predicted molar refractivity (Wildman–Crippen MR) is 89.4 cm³/mol. The minimum Gasteiger partial charge on any atom is -0.335 e. The van der Waals surface area contributed by atoms with Crippen molar-refractivity contribution in [2.75, 3.05) is 5.32 Å². The molecule has 0 aromatic carbocycles. The van der Waals surface area contributed by atoms with Crippen LogP contribution in [0.4, 0.5) is 10.6 Å². The molecule has 2 aromatic rings. The van der Waals surface area contributed by atoms with Gasteiger partial charge in [-0.1, -0.05) is 20.8 Å². The molecule has 2 amide bonds. The van der Waals surface area contributed by atoms with Crippen molar-refractivity contribution in [3.63, 3.8) is 0 Å². The molecule has 7 nitrogen and oxygen atoms in total. The molecule has 0 unspecified atom stereocenters. The van der Waals surface area contributed by atoms with Gasteiger partial charge in [0.15, 0.2) is 5.82 Å². The number of H-pyrrole nitrogens is 1. The second-order valence-electron chi connectivity index (χ2n) is 6.80. The van der Waals surface area contributed by atoms with E-state index >= 15 is 0 Å². The van der Waals surface area contributed by atoms with E-state index in [0.29, 0.717) is 12.2 Å². The molecule has 0 fully saturated rings. The van der Waals surface area contributed by atoms with Gasteiger partial charge in [0.2, 0.25) is 0 Å². The van der Waals surface area contributed by atoms with E-state index < -0.39 is 0 Å². The molecule has 3 N–H and O–H groups in total. The second kappa shape index (κ2) is 6.76. The van der Waals surface area contributed by atoms with Gasteiger partial charge < -0.3 is 5.32 Å². The highest BCUT2D eigenvalue weighted by Gasteiger charge is 2.16. The predicted octanol–water partition coefficient (Wildman–Crippen LogP) is 2.56. The summed E-state index contributed by atoms with van der Waals surface area (Å²) in [5.74, 6) is 0.429. The molecular formula is C16H24N6O. The average Bonchev–Trinajstić information content (AvgIpc) is 2.83. The van der Waals surface area contributed by atoms with E-state index in [4.69, 9.17) is 0 Å². The zero-order valence-corrected chi connectivity index (χ0v) is 14.3. The fourth-order valence-corrected chi connectivity index (χ4v) is 2.12. The van der Waals surface area contributed by atoms with Crippen LogP contribution >= 0.6 is 0 Å². The van der Waals surface area contributed by atoms with Crippen LogP contribution in [-0.2, 0) is 11.8 Å². The number of carbonyl (C=O) groups excluding carboxylic acids is 1. The number of aromatic amines is 1. The third kappa shape index (κ3) is 5.05. The molecule has 7 heteroatoms. The molecule has 2 aromatic heterocycles. The fourth-order valence-electron chi connectivity index (χ4n) is 2.12. The Kier molecular flexibility index (Phi) is 4.98. The molecule has 23 heavy (non-hydrogen) atoms. The summed E-state index contributed by atoms with van der Waals surface area (Å²) in [6.45, 7) is 10.1. The number of carbonyl (C=O) groups is 1. The van der Waals surface area contributed by atoms with Crippen LogP contribution in [0, 0.1) is 6.92 Å². The first kappa shape index (κ1) is 16.9. The van der Waals surface area contributed by atoms with Gasteiger partial charge in [-0.15, -0.1) is 5.10 Å². The summed E-state index contributed by atoms with van der Waals surface area (Å²) >= 11 is 0. The van der Waals surface area contributed by atoms with Crippen LogP contribution in [0.15, 0.2) is 18.2 Å². The second-order valence-corrected chi connectivity index (χ2v) is 6.80. The van der Waals surface area contributed by atoms with E-state index in [1.165, 1.54) is 0 Å². The van der Waals surface area contributed by atoms with Gasteiger partial charge in [-0.25, -0.2) is 4.79 Å². The van der Waals surface area contributed by atoms with Crippen molar-refractivity contribution in [1.82, 2.24) is 25.7 Å². The van der Waals surface area contributed by atoms with Crippen molar-refractivity contribution in [1.29, 1.82) is 0 Å². The first-order valence-corrected chi connectivity index (χ1v) is 7.66. The number of aryl methyl sites for hydroxylation is 1. The minimum absolute atomic E-state index is 0.0421. The Bertz CT molecular complexity index is 656. The molecule has 0 aliphatic heterocycles. The first-order valence-electron chi connectivity index (χ1n) is 7.66. The normalized spacial score (nSPS) is 12.7. The van der Waals surface area contributed by atoms with Gasteiger partial charge >= 0.3 is 6.03 Å². The molecule has 0 aliphatic rings. The minimum atomic E-state index is -0.303. The summed E-state index contributed by atoms with van der Waals surface area (Å²) in [7, 11) is 0. The van der Waals surface area contributed by atoms with E-state index in [-0.39, 0.29) is 17.5 Å². The van der Waals surface area contributed by atoms with E-state index in [0.717, 1.165) is 17.1 Å². The van der Waals surface area contributed by atoms with Crippen LogP contribution in [-0.4, -0.2) is 32.5 Å². The molecule has 0 saturated heterocycles. The lowest BCUT2D eigenvalue weighted by Crippen LogP contribution is -2.37. The van der Waals surface area contributed by atoms with E-state index in [9.17, 15) is 4.79 Å². The first-order chi connectivity index (χ1) is 10.7. The highest BCUT2D eigenvalue weighted by atomic mass is 16.2. The lowest BCUT2D eigenvalue weighted by molar-refractivity contribution is 0.249. The summed E-state index contributed by atoms with van der Waals surface area (Å²) in [6, 6.07) is 5.25. The molecular weight excluding hydrogens is 292 g/mol. The molecule has 2 heterocycles. The van der Waals surface area contributed by atoms with E-state index in [2.05, 4.69) is 51.8 Å². The lowest BCUT2D eigenvalue weighted by Gasteiger charge is -2.17. The van der Waals surface area contributed by atoms with E-state index in [1.54, 1.807) is 6.07 Å². The van der Waals surface area contributed by atoms with E-state index in [1.807, 2.05) is 26.0 Å². The van der Waals surface area contributed by atoms with Gasteiger partial charge in [-0.2, -0.15) is 10.2 Å². The third-order valence-corrected chi connectivity index (χ3v) is 3.33. The SMILES string of the molecule is Cc1cc(C[C@@H](C)NC(=O)Nc2ccc(C(C)(C)C)nn2)n[nH]1. The van der Waals surface area contributed by atoms with Crippen LogP contribution in [0.25, 0.3) is 0 Å². The summed E-state index contributed by atoms with van der Waals surface area (Å²) in [5.41, 5.74) is 2.74. The lowest BCUT2D eigenvalue weighted by atomic mass is 9.92. The van der Waals surface area contributed by atoms with Crippen molar-refractivity contribution < 1.29 is 4.79 Å². The Morgan fingerprint density at radius 1 is 1.30 bits per heavy atom. The Morgan fingerprint density at radius 2 is 2.04 bits per heavy atom. The van der Waals surface area contributed by atoms with Crippen molar-refractivity contribution in [2.45, 2.75) is 52.5 Å². The summed E-state index contributed by atoms with van der Waals surface area (Å²) in [5, 5.41) is 20.8. The van der Waals surface area contributed by atoms with Crippen molar-refractivity contribution in [3.8, 4) is 0 Å². The van der Waals surface area contributed by atoms with Gasteiger partial charge in [-0.3, -0.25) is 10.4 Å². The van der Waals surface area contributed by atoms with Crippen LogP contribution < -0.4 is 10.6 Å². The number of nitrogens with zero attached hydrogens (tertiary/aromatic N) is 3. The molecule has 0 aliphatic carbocycles. The molecule has 0 spiro atoms. The van der Waals surface area contributed by atoms with Crippen molar-refractivity contribution in [2.24, 2.45) is 0 Å². The number of anilines is 1. The zero-order valence-electron chi connectivity index (χ0n) is 14.3. The largest absolute Gasteiger partial charge is 0.335 e. The van der Waals surface area contributed by atoms with Gasteiger partial charge in [0, 0.05) is 23.6 Å². The molecule has 0 bridgehead atoms. The maximum Gasteiger partial charge on any atom is 0.320 e. The van der Waals surface area contributed by atoms with Gasteiger partial charge in [0.1, 0.15) is 0 Å². The smallest absolute Gasteiger partial charge is 0.320 e. The number of hydrogen-bond acceptors (Lipinski definition) is 4. The number of amides is 2. The maximum atomic E-state index is 12.0. The fraction of sp³-hybridized carbons (Fsp3) is 0.500. The van der Waals surface area contributed by atoms with Crippen molar-refractivity contribution >= 4 is 11.8 Å². The van der Waals surface area contributed by atoms with Crippen LogP contribution in [0.5, 0.6) is 0 Å². The summed E-state index contributed by atoms with van der Waals surface area (Å²) in [6.07, 6.45) is 0.659.